The van der Waals surface area contributed by atoms with E-state index in [0.717, 1.165) is 58.2 Å². The number of hydrogen-bond acceptors (Lipinski definition) is 9. The first-order valence-corrected chi connectivity index (χ1v) is 17.1. The summed E-state index contributed by atoms with van der Waals surface area (Å²) in [6, 6.07) is 20.1. The number of fused-ring (bicyclic) bond motifs is 1. The molecule has 12 heteroatoms. The molecule has 5 heterocycles. The lowest BCUT2D eigenvalue weighted by Gasteiger charge is -2.38. The summed E-state index contributed by atoms with van der Waals surface area (Å²) < 4.78 is 7.72. The first-order chi connectivity index (χ1) is 23.9. The van der Waals surface area contributed by atoms with Gasteiger partial charge >= 0.3 is 6.03 Å². The SMILES string of the molecule is COc1cc(N2CCC(N3CCCC3)CC2)ccc1Nc1cc(N(C)C(=O)Nc2cccc3c2c(C)nn3Cc2cccc(C)n2)ncn1. The third kappa shape index (κ3) is 7.00. The molecule has 12 nitrogen and oxygen atoms in total. The predicted molar refractivity (Wildman–Crippen MR) is 194 cm³/mol. The van der Waals surface area contributed by atoms with Crippen LogP contribution in [-0.2, 0) is 6.54 Å². The summed E-state index contributed by atoms with van der Waals surface area (Å²) in [5.41, 5.74) is 6.24. The zero-order chi connectivity index (χ0) is 33.9. The average Bonchev–Trinajstić information content (AvgIpc) is 3.77. The van der Waals surface area contributed by atoms with E-state index in [2.05, 4.69) is 47.5 Å². The van der Waals surface area contributed by atoms with Gasteiger partial charge in [-0.15, -0.1) is 0 Å². The molecule has 5 aromatic rings. The highest BCUT2D eigenvalue weighted by Crippen LogP contribution is 2.34. The summed E-state index contributed by atoms with van der Waals surface area (Å²) in [4.78, 5) is 33.5. The minimum absolute atomic E-state index is 0.333. The van der Waals surface area contributed by atoms with Crippen LogP contribution in [0.1, 0.15) is 42.8 Å². The summed E-state index contributed by atoms with van der Waals surface area (Å²) >= 11 is 0. The van der Waals surface area contributed by atoms with Gasteiger partial charge in [0.05, 0.1) is 41.9 Å². The van der Waals surface area contributed by atoms with Crippen LogP contribution < -0.4 is 25.2 Å². The lowest BCUT2D eigenvalue weighted by molar-refractivity contribution is 0.208. The molecule has 49 heavy (non-hydrogen) atoms. The number of hydrogen-bond donors (Lipinski definition) is 2. The minimum Gasteiger partial charge on any atom is -0.494 e. The number of aromatic nitrogens is 5. The van der Waals surface area contributed by atoms with Gasteiger partial charge < -0.3 is 25.2 Å². The van der Waals surface area contributed by atoms with Gasteiger partial charge in [0.25, 0.3) is 0 Å². The maximum absolute atomic E-state index is 13.5. The number of carbonyl (C=O) groups is 1. The van der Waals surface area contributed by atoms with Crippen LogP contribution in [0.3, 0.4) is 0 Å². The third-order valence-electron chi connectivity index (χ3n) is 9.69. The van der Waals surface area contributed by atoms with E-state index in [1.165, 1.54) is 50.0 Å². The average molecular weight is 661 g/mol. The maximum atomic E-state index is 13.5. The van der Waals surface area contributed by atoms with Crippen molar-refractivity contribution in [1.29, 1.82) is 0 Å². The van der Waals surface area contributed by atoms with Crippen molar-refractivity contribution in [2.24, 2.45) is 0 Å². The van der Waals surface area contributed by atoms with Crippen LogP contribution in [0.2, 0.25) is 0 Å². The van der Waals surface area contributed by atoms with Crippen LogP contribution in [0.25, 0.3) is 10.9 Å². The van der Waals surface area contributed by atoms with Gasteiger partial charge in [-0.3, -0.25) is 14.6 Å². The number of benzene rings is 2. The topological polar surface area (TPSA) is 117 Å². The van der Waals surface area contributed by atoms with Gasteiger partial charge in [0.15, 0.2) is 0 Å². The first kappa shape index (κ1) is 32.3. The number of nitrogens with one attached hydrogen (secondary N) is 2. The molecule has 0 radical (unpaired) electrons. The molecule has 0 atom stereocenters. The molecule has 2 fully saturated rings. The van der Waals surface area contributed by atoms with Crippen molar-refractivity contribution in [2.75, 3.05) is 60.8 Å². The van der Waals surface area contributed by atoms with Gasteiger partial charge in [0.2, 0.25) is 0 Å². The Morgan fingerprint density at radius 3 is 2.53 bits per heavy atom. The Kier molecular flexibility index (Phi) is 9.30. The monoisotopic (exact) mass is 660 g/mol. The molecule has 7 rings (SSSR count). The number of rotatable bonds is 9. The fraction of sp³-hybridized carbons (Fsp3) is 0.378. The molecule has 2 aromatic carbocycles. The summed E-state index contributed by atoms with van der Waals surface area (Å²) in [6.07, 6.45) is 6.50. The standard InChI is InChI=1S/C37H44N10O2/c1-25-9-7-10-27(40-25)23-47-32-12-8-11-31(36(32)26(2)43-47)42-37(48)44(3)35-22-34(38-24-39-35)41-30-14-13-29(21-33(30)49-4)46-19-15-28(16-20-46)45-17-5-6-18-45/h7-14,21-22,24,28H,5-6,15-20,23H2,1-4H3,(H,42,48)(H,38,39,41). The molecule has 0 unspecified atom stereocenters. The van der Waals surface area contributed by atoms with E-state index in [-0.39, 0.29) is 6.03 Å². The number of amides is 2. The molecule has 0 saturated carbocycles. The van der Waals surface area contributed by atoms with Gasteiger partial charge in [-0.2, -0.15) is 5.10 Å². The van der Waals surface area contributed by atoms with Crippen LogP contribution in [0.5, 0.6) is 5.75 Å². The number of anilines is 5. The second-order valence-electron chi connectivity index (χ2n) is 12.9. The number of ether oxygens (including phenoxy) is 1. The molecular formula is C37H44N10O2. The smallest absolute Gasteiger partial charge is 0.327 e. The lowest BCUT2D eigenvalue weighted by atomic mass is 10.0. The van der Waals surface area contributed by atoms with Gasteiger partial charge in [0.1, 0.15) is 23.7 Å². The minimum atomic E-state index is -0.333. The zero-order valence-corrected chi connectivity index (χ0v) is 28.7. The van der Waals surface area contributed by atoms with Crippen molar-refractivity contribution in [3.63, 3.8) is 0 Å². The number of nitrogens with zero attached hydrogens (tertiary/aromatic N) is 8. The number of urea groups is 1. The van der Waals surface area contributed by atoms with Crippen molar-refractivity contribution in [1.82, 2.24) is 29.6 Å². The molecule has 0 aliphatic carbocycles. The molecule has 2 aliphatic heterocycles. The quantitative estimate of drug-likeness (QED) is 0.186. The molecule has 2 saturated heterocycles. The fourth-order valence-corrected chi connectivity index (χ4v) is 7.10. The highest BCUT2D eigenvalue weighted by Gasteiger charge is 2.27. The molecule has 0 spiro atoms. The largest absolute Gasteiger partial charge is 0.494 e. The normalized spacial score (nSPS) is 15.5. The molecule has 254 valence electrons. The molecule has 2 aliphatic rings. The Morgan fingerprint density at radius 2 is 1.76 bits per heavy atom. The second-order valence-corrected chi connectivity index (χ2v) is 12.9. The predicted octanol–water partition coefficient (Wildman–Crippen LogP) is 6.37. The Hall–Kier alpha value is -5.23. The fourth-order valence-electron chi connectivity index (χ4n) is 7.10. The number of methoxy groups -OCH3 is 1. The van der Waals surface area contributed by atoms with Crippen molar-refractivity contribution >= 4 is 45.6 Å². The van der Waals surface area contributed by atoms with Crippen LogP contribution >= 0.6 is 0 Å². The van der Waals surface area contributed by atoms with Crippen LogP contribution in [-0.4, -0.2) is 82.0 Å². The highest BCUT2D eigenvalue weighted by atomic mass is 16.5. The first-order valence-electron chi connectivity index (χ1n) is 17.1. The Bertz CT molecular complexity index is 1950. The van der Waals surface area contributed by atoms with Gasteiger partial charge in [-0.05, 0) is 89.0 Å². The Morgan fingerprint density at radius 1 is 0.959 bits per heavy atom. The van der Waals surface area contributed by atoms with Crippen molar-refractivity contribution < 1.29 is 9.53 Å². The van der Waals surface area contributed by atoms with Gasteiger partial charge in [-0.1, -0.05) is 12.1 Å². The van der Waals surface area contributed by atoms with Crippen molar-refractivity contribution in [3.05, 3.63) is 84.1 Å². The van der Waals surface area contributed by atoms with E-state index in [4.69, 9.17) is 9.84 Å². The molecular weight excluding hydrogens is 616 g/mol. The number of pyridine rings is 1. The third-order valence-corrected chi connectivity index (χ3v) is 9.69. The Balaban J connectivity index is 1.02. The van der Waals surface area contributed by atoms with E-state index in [0.29, 0.717) is 29.9 Å². The number of carbonyl (C=O) groups excluding carboxylic acids is 1. The maximum Gasteiger partial charge on any atom is 0.327 e. The van der Waals surface area contributed by atoms with E-state index in [1.807, 2.05) is 61.0 Å². The molecule has 2 amide bonds. The van der Waals surface area contributed by atoms with Gasteiger partial charge in [-0.25, -0.2) is 14.8 Å². The zero-order valence-electron chi connectivity index (χ0n) is 28.7. The van der Waals surface area contributed by atoms with Crippen molar-refractivity contribution in [3.8, 4) is 5.75 Å². The van der Waals surface area contributed by atoms with Crippen molar-refractivity contribution in [2.45, 2.75) is 52.1 Å². The van der Waals surface area contributed by atoms with E-state index >= 15 is 0 Å². The number of likely N-dealkylation sites (tertiary alicyclic amines) is 1. The van der Waals surface area contributed by atoms with Crippen LogP contribution in [0.15, 0.2) is 67.0 Å². The van der Waals surface area contributed by atoms with Crippen LogP contribution in [0.4, 0.5) is 33.5 Å². The summed E-state index contributed by atoms with van der Waals surface area (Å²) in [5.74, 6) is 1.72. The van der Waals surface area contributed by atoms with E-state index < -0.39 is 0 Å². The van der Waals surface area contributed by atoms with E-state index in [9.17, 15) is 4.79 Å². The number of piperidine rings is 1. The molecule has 0 bridgehead atoms. The number of aryl methyl sites for hydroxylation is 2. The summed E-state index contributed by atoms with van der Waals surface area (Å²) in [7, 11) is 3.36. The molecule has 3 aromatic heterocycles. The van der Waals surface area contributed by atoms with Crippen LogP contribution in [0, 0.1) is 13.8 Å². The summed E-state index contributed by atoms with van der Waals surface area (Å²) in [5, 5.41) is 12.1. The highest BCUT2D eigenvalue weighted by molar-refractivity contribution is 6.07. The van der Waals surface area contributed by atoms with E-state index in [1.54, 1.807) is 20.2 Å². The Labute approximate surface area is 287 Å². The van der Waals surface area contributed by atoms with Gasteiger partial charge in [0, 0.05) is 55.1 Å². The molecule has 2 N–H and O–H groups in total. The second kappa shape index (κ2) is 14.1. The lowest BCUT2D eigenvalue weighted by Crippen LogP contribution is -2.43. The summed E-state index contributed by atoms with van der Waals surface area (Å²) in [6.45, 7) is 9.04.